The Hall–Kier alpha value is -1.93. The maximum Gasteiger partial charge on any atom is 0.248 e. The summed E-state index contributed by atoms with van der Waals surface area (Å²) in [5, 5.41) is 12.9. The highest BCUT2D eigenvalue weighted by molar-refractivity contribution is 7.13. The summed E-state index contributed by atoms with van der Waals surface area (Å²) in [6.45, 7) is 1.66. The number of nitrogens with one attached hydrogen (secondary N) is 2. The number of aromatic nitrogens is 3. The molecule has 2 aromatic rings. The quantitative estimate of drug-likeness (QED) is 0.897. The molecule has 0 spiro atoms. The van der Waals surface area contributed by atoms with E-state index in [-0.39, 0.29) is 18.1 Å². The van der Waals surface area contributed by atoms with Crippen molar-refractivity contribution in [3.05, 3.63) is 23.3 Å². The maximum absolute atomic E-state index is 12.6. The van der Waals surface area contributed by atoms with Crippen molar-refractivity contribution in [1.82, 2.24) is 15.2 Å². The molecule has 4 rings (SSSR count). The van der Waals surface area contributed by atoms with Gasteiger partial charge in [0.25, 0.3) is 0 Å². The van der Waals surface area contributed by atoms with Gasteiger partial charge in [0.05, 0.1) is 11.8 Å². The number of hydrogen-bond acceptors (Lipinski definition) is 6. The second-order valence-corrected chi connectivity index (χ2v) is 6.74. The second kappa shape index (κ2) is 6.29. The predicted molar refractivity (Wildman–Crippen MR) is 87.6 cm³/mol. The van der Waals surface area contributed by atoms with Crippen LogP contribution in [0.25, 0.3) is 0 Å². The van der Waals surface area contributed by atoms with Crippen molar-refractivity contribution in [3.8, 4) is 0 Å². The van der Waals surface area contributed by atoms with Gasteiger partial charge in [-0.25, -0.2) is 4.98 Å². The first-order valence-corrected chi connectivity index (χ1v) is 8.83. The summed E-state index contributed by atoms with van der Waals surface area (Å²) in [6.07, 6.45) is 5.75. The summed E-state index contributed by atoms with van der Waals surface area (Å²) in [4.78, 5) is 19.0. The van der Waals surface area contributed by atoms with Crippen molar-refractivity contribution in [2.24, 2.45) is 0 Å². The van der Waals surface area contributed by atoms with Gasteiger partial charge in [0.1, 0.15) is 6.04 Å². The zero-order valence-electron chi connectivity index (χ0n) is 12.7. The molecule has 2 fully saturated rings. The molecule has 4 heterocycles. The van der Waals surface area contributed by atoms with Crippen LogP contribution in [0.4, 0.5) is 10.9 Å². The van der Waals surface area contributed by atoms with Crippen molar-refractivity contribution in [3.63, 3.8) is 0 Å². The molecule has 7 nitrogen and oxygen atoms in total. The lowest BCUT2D eigenvalue weighted by molar-refractivity contribution is -0.117. The maximum atomic E-state index is 12.6. The summed E-state index contributed by atoms with van der Waals surface area (Å²) >= 11 is 1.57. The summed E-state index contributed by atoms with van der Waals surface area (Å²) in [5.41, 5.74) is 0.931. The van der Waals surface area contributed by atoms with Crippen molar-refractivity contribution in [1.29, 1.82) is 0 Å². The fourth-order valence-corrected chi connectivity index (χ4v) is 3.94. The van der Waals surface area contributed by atoms with E-state index in [4.69, 9.17) is 4.74 Å². The number of H-pyrrole nitrogens is 1. The van der Waals surface area contributed by atoms with Gasteiger partial charge in [-0.3, -0.25) is 9.89 Å². The number of amides is 1. The Morgan fingerprint density at radius 1 is 1.43 bits per heavy atom. The summed E-state index contributed by atoms with van der Waals surface area (Å²) in [7, 11) is 0. The van der Waals surface area contributed by atoms with Crippen molar-refractivity contribution in [2.45, 2.75) is 37.8 Å². The Balaban J connectivity index is 1.43. The number of anilines is 2. The molecule has 0 saturated carbocycles. The average Bonchev–Trinajstić information content (AvgIpc) is 3.30. The molecule has 1 amide bonds. The number of hydrogen-bond donors (Lipinski definition) is 2. The Labute approximate surface area is 138 Å². The molecule has 0 bridgehead atoms. The van der Waals surface area contributed by atoms with Crippen molar-refractivity contribution >= 4 is 28.2 Å². The Kier molecular flexibility index (Phi) is 4.00. The zero-order valence-corrected chi connectivity index (χ0v) is 13.5. The number of carbonyl (C=O) groups is 1. The van der Waals surface area contributed by atoms with Crippen LogP contribution in [0.2, 0.25) is 0 Å². The molecule has 2 atom stereocenters. The van der Waals surface area contributed by atoms with Gasteiger partial charge in [-0.15, -0.1) is 11.3 Å². The van der Waals surface area contributed by atoms with Crippen molar-refractivity contribution < 1.29 is 9.53 Å². The van der Waals surface area contributed by atoms with Crippen LogP contribution in [0.3, 0.4) is 0 Å². The lowest BCUT2D eigenvalue weighted by atomic mass is 10.2. The molecule has 0 radical (unpaired) electrons. The van der Waals surface area contributed by atoms with Gasteiger partial charge in [0.2, 0.25) is 5.91 Å². The molecular formula is C15H19N5O2S. The molecule has 0 aromatic carbocycles. The molecule has 122 valence electrons. The molecule has 2 aromatic heterocycles. The fraction of sp³-hybridized carbons (Fsp3) is 0.533. The van der Waals surface area contributed by atoms with Gasteiger partial charge >= 0.3 is 0 Å². The van der Waals surface area contributed by atoms with E-state index in [9.17, 15) is 4.79 Å². The first kappa shape index (κ1) is 14.6. The fourth-order valence-electron chi connectivity index (χ4n) is 3.22. The highest BCUT2D eigenvalue weighted by atomic mass is 32.1. The van der Waals surface area contributed by atoms with Crippen LogP contribution in [0.5, 0.6) is 0 Å². The third kappa shape index (κ3) is 2.96. The third-order valence-corrected chi connectivity index (χ3v) is 5.15. The lowest BCUT2D eigenvalue weighted by Crippen LogP contribution is -2.39. The molecule has 2 N–H and O–H groups in total. The molecule has 2 aliphatic rings. The molecule has 2 saturated heterocycles. The number of carbonyl (C=O) groups excluding carboxylic acids is 1. The van der Waals surface area contributed by atoms with E-state index < -0.39 is 0 Å². The molecule has 8 heteroatoms. The Bertz CT molecular complexity index is 665. The van der Waals surface area contributed by atoms with Gasteiger partial charge in [0, 0.05) is 30.8 Å². The molecule has 23 heavy (non-hydrogen) atoms. The first-order chi connectivity index (χ1) is 11.3. The average molecular weight is 333 g/mol. The van der Waals surface area contributed by atoms with Crippen LogP contribution < -0.4 is 10.2 Å². The number of nitrogens with zero attached hydrogens (tertiary/aromatic N) is 3. The summed E-state index contributed by atoms with van der Waals surface area (Å²) < 4.78 is 5.62. The Morgan fingerprint density at radius 2 is 2.39 bits per heavy atom. The molecular weight excluding hydrogens is 314 g/mol. The monoisotopic (exact) mass is 333 g/mol. The van der Waals surface area contributed by atoms with Crippen molar-refractivity contribution in [2.75, 3.05) is 23.4 Å². The van der Waals surface area contributed by atoms with Crippen LogP contribution in [-0.4, -0.2) is 40.3 Å². The van der Waals surface area contributed by atoms with Crippen LogP contribution in [-0.2, 0) is 9.53 Å². The van der Waals surface area contributed by atoms with Gasteiger partial charge in [0.15, 0.2) is 10.9 Å². The van der Waals surface area contributed by atoms with E-state index >= 15 is 0 Å². The van der Waals surface area contributed by atoms with E-state index in [2.05, 4.69) is 25.4 Å². The van der Waals surface area contributed by atoms with Crippen LogP contribution >= 0.6 is 11.3 Å². The SMILES string of the molecule is O=C(Nc1cc([C@H]2CCCO2)[nH]n1)[C@H]1CCCN1c1nccs1. The Morgan fingerprint density at radius 3 is 3.17 bits per heavy atom. The highest BCUT2D eigenvalue weighted by Gasteiger charge is 2.32. The van der Waals surface area contributed by atoms with Crippen LogP contribution in [0, 0.1) is 0 Å². The minimum absolute atomic E-state index is 0.0249. The predicted octanol–water partition coefficient (Wildman–Crippen LogP) is 2.33. The van der Waals surface area contributed by atoms with Crippen LogP contribution in [0.1, 0.15) is 37.5 Å². The summed E-state index contributed by atoms with van der Waals surface area (Å²) in [6, 6.07) is 1.69. The first-order valence-electron chi connectivity index (χ1n) is 7.95. The zero-order chi connectivity index (χ0) is 15.6. The lowest BCUT2D eigenvalue weighted by Gasteiger charge is -2.22. The molecule has 0 unspecified atom stereocenters. The standard InChI is InChI=1S/C15H19N5O2S/c21-14(11-3-1-6-20(11)15-16-5-8-23-15)17-13-9-10(18-19-13)12-4-2-7-22-12/h5,8-9,11-12H,1-4,6-7H2,(H2,17,18,19,21)/t11-,12-/m1/s1. The number of thiazole rings is 1. The van der Waals surface area contributed by atoms with E-state index in [1.807, 2.05) is 11.4 Å². The topological polar surface area (TPSA) is 83.1 Å². The third-order valence-electron chi connectivity index (χ3n) is 4.35. The smallest absolute Gasteiger partial charge is 0.248 e. The number of ether oxygens (including phenoxy) is 1. The second-order valence-electron chi connectivity index (χ2n) is 5.87. The van der Waals surface area contributed by atoms with Gasteiger partial charge in [-0.05, 0) is 25.7 Å². The van der Waals surface area contributed by atoms with Gasteiger partial charge in [-0.2, -0.15) is 5.10 Å². The minimum Gasteiger partial charge on any atom is -0.372 e. The molecule has 2 aliphatic heterocycles. The highest BCUT2D eigenvalue weighted by Crippen LogP contribution is 2.30. The van der Waals surface area contributed by atoms with E-state index in [0.717, 1.165) is 49.7 Å². The van der Waals surface area contributed by atoms with Gasteiger partial charge < -0.3 is 15.0 Å². The number of rotatable bonds is 4. The minimum atomic E-state index is -0.177. The number of aromatic amines is 1. The van der Waals surface area contributed by atoms with Gasteiger partial charge in [-0.1, -0.05) is 0 Å². The van der Waals surface area contributed by atoms with Crippen LogP contribution in [0.15, 0.2) is 17.6 Å². The largest absolute Gasteiger partial charge is 0.372 e. The molecule has 0 aliphatic carbocycles. The van der Waals surface area contributed by atoms with E-state index in [1.54, 1.807) is 17.5 Å². The van der Waals surface area contributed by atoms with E-state index in [1.165, 1.54) is 0 Å². The normalized spacial score (nSPS) is 24.3. The summed E-state index contributed by atoms with van der Waals surface area (Å²) in [5.74, 6) is 0.537. The van der Waals surface area contributed by atoms with E-state index in [0.29, 0.717) is 5.82 Å².